The van der Waals surface area contributed by atoms with Crippen LogP contribution in [0.5, 0.6) is 0 Å². The number of carbonyl (C=O) groups is 1. The molecule has 3 rings (SSSR count). The van der Waals surface area contributed by atoms with E-state index in [4.69, 9.17) is 5.73 Å². The van der Waals surface area contributed by atoms with Gasteiger partial charge in [0.1, 0.15) is 5.82 Å². The number of benzene rings is 1. The normalized spacial score (nSPS) is 29.5. The zero-order valence-corrected chi connectivity index (χ0v) is 12.5. The number of amides is 1. The second kappa shape index (κ2) is 5.76. The van der Waals surface area contributed by atoms with Crippen molar-refractivity contribution in [2.45, 2.75) is 32.2 Å². The van der Waals surface area contributed by atoms with Crippen LogP contribution in [-0.2, 0) is 11.2 Å². The molecule has 2 N–H and O–H groups in total. The van der Waals surface area contributed by atoms with Crippen LogP contribution in [0.4, 0.5) is 4.39 Å². The van der Waals surface area contributed by atoms with Gasteiger partial charge in [0.25, 0.3) is 0 Å². The molecule has 4 unspecified atom stereocenters. The van der Waals surface area contributed by atoms with Crippen LogP contribution in [0, 0.1) is 23.6 Å². The highest BCUT2D eigenvalue weighted by molar-refractivity contribution is 5.79. The summed E-state index contributed by atoms with van der Waals surface area (Å²) in [7, 11) is 0. The largest absolute Gasteiger partial charge is 0.342 e. The van der Waals surface area contributed by atoms with Gasteiger partial charge in [-0.15, -0.1) is 0 Å². The maximum atomic E-state index is 13.2. The van der Waals surface area contributed by atoms with Crippen LogP contribution in [-0.4, -0.2) is 29.9 Å². The van der Waals surface area contributed by atoms with Crippen LogP contribution in [0.2, 0.25) is 0 Å². The number of hydrogen-bond acceptors (Lipinski definition) is 2. The first kappa shape index (κ1) is 14.5. The van der Waals surface area contributed by atoms with Crippen molar-refractivity contribution < 1.29 is 9.18 Å². The summed E-state index contributed by atoms with van der Waals surface area (Å²) >= 11 is 0. The molecule has 0 bridgehead atoms. The molecule has 1 heterocycles. The van der Waals surface area contributed by atoms with Crippen molar-refractivity contribution >= 4 is 5.91 Å². The molecule has 4 atom stereocenters. The van der Waals surface area contributed by atoms with E-state index in [2.05, 4.69) is 0 Å². The fourth-order valence-electron chi connectivity index (χ4n) is 3.90. The lowest BCUT2D eigenvalue weighted by Crippen LogP contribution is -2.36. The molecule has 1 aromatic carbocycles. The molecule has 0 spiro atoms. The average Bonchev–Trinajstić information content (AvgIpc) is 3.00. The minimum atomic E-state index is -0.242. The van der Waals surface area contributed by atoms with Gasteiger partial charge in [-0.2, -0.15) is 0 Å². The Morgan fingerprint density at radius 3 is 2.95 bits per heavy atom. The molecule has 2 fully saturated rings. The highest BCUT2D eigenvalue weighted by atomic mass is 19.1. The molecule has 0 radical (unpaired) electrons. The number of carbonyl (C=O) groups excluding carboxylic acids is 1. The van der Waals surface area contributed by atoms with Gasteiger partial charge in [0, 0.05) is 25.0 Å². The Morgan fingerprint density at radius 1 is 1.43 bits per heavy atom. The van der Waals surface area contributed by atoms with Gasteiger partial charge in [-0.1, -0.05) is 19.1 Å². The third-order valence-electron chi connectivity index (χ3n) is 5.08. The van der Waals surface area contributed by atoms with Crippen LogP contribution < -0.4 is 5.73 Å². The lowest BCUT2D eigenvalue weighted by atomic mass is 9.98. The Balaban J connectivity index is 1.60. The molecule has 1 aliphatic carbocycles. The molecule has 1 amide bonds. The van der Waals surface area contributed by atoms with Gasteiger partial charge >= 0.3 is 0 Å². The second-order valence-corrected chi connectivity index (χ2v) is 6.64. The lowest BCUT2D eigenvalue weighted by Gasteiger charge is -2.22. The predicted molar refractivity (Wildman–Crippen MR) is 80.0 cm³/mol. The number of hydrogen-bond donors (Lipinski definition) is 1. The highest BCUT2D eigenvalue weighted by Gasteiger charge is 2.42. The number of halogens is 1. The van der Waals surface area contributed by atoms with Crippen molar-refractivity contribution in [1.29, 1.82) is 0 Å². The zero-order valence-electron chi connectivity index (χ0n) is 12.5. The summed E-state index contributed by atoms with van der Waals surface area (Å²) in [5, 5.41) is 0. The molecule has 0 aromatic heterocycles. The first-order valence-corrected chi connectivity index (χ1v) is 7.83. The van der Waals surface area contributed by atoms with E-state index in [9.17, 15) is 9.18 Å². The van der Waals surface area contributed by atoms with Gasteiger partial charge < -0.3 is 10.6 Å². The molecule has 2 aliphatic rings. The summed E-state index contributed by atoms with van der Waals surface area (Å²) < 4.78 is 13.2. The van der Waals surface area contributed by atoms with E-state index in [0.717, 1.165) is 31.5 Å². The Morgan fingerprint density at radius 2 is 2.24 bits per heavy atom. The van der Waals surface area contributed by atoms with E-state index >= 15 is 0 Å². The summed E-state index contributed by atoms with van der Waals surface area (Å²) in [6.07, 6.45) is 2.83. The van der Waals surface area contributed by atoms with Crippen LogP contribution in [0.25, 0.3) is 0 Å². The molecule has 21 heavy (non-hydrogen) atoms. The second-order valence-electron chi connectivity index (χ2n) is 6.64. The van der Waals surface area contributed by atoms with Crippen molar-refractivity contribution in [2.24, 2.45) is 23.5 Å². The minimum absolute atomic E-state index is 0.109. The fraction of sp³-hybridized carbons (Fsp3) is 0.588. The Labute approximate surface area is 125 Å². The first-order chi connectivity index (χ1) is 10.0. The highest BCUT2D eigenvalue weighted by Crippen LogP contribution is 2.37. The van der Waals surface area contributed by atoms with Crippen molar-refractivity contribution in [2.75, 3.05) is 13.1 Å². The van der Waals surface area contributed by atoms with E-state index in [1.54, 1.807) is 6.07 Å². The topological polar surface area (TPSA) is 46.3 Å². The third-order valence-corrected chi connectivity index (χ3v) is 5.08. The zero-order chi connectivity index (χ0) is 15.0. The van der Waals surface area contributed by atoms with Gasteiger partial charge in [0.2, 0.25) is 5.91 Å². The van der Waals surface area contributed by atoms with Gasteiger partial charge in [0.05, 0.1) is 0 Å². The van der Waals surface area contributed by atoms with Gasteiger partial charge in [0.15, 0.2) is 0 Å². The van der Waals surface area contributed by atoms with Crippen molar-refractivity contribution in [1.82, 2.24) is 4.90 Å². The van der Waals surface area contributed by atoms with Crippen molar-refractivity contribution in [3.8, 4) is 0 Å². The van der Waals surface area contributed by atoms with E-state index in [1.165, 1.54) is 12.1 Å². The molecular weight excluding hydrogens is 267 g/mol. The predicted octanol–water partition coefficient (Wildman–Crippen LogP) is 2.20. The first-order valence-electron chi connectivity index (χ1n) is 7.83. The van der Waals surface area contributed by atoms with E-state index in [-0.39, 0.29) is 23.7 Å². The average molecular weight is 290 g/mol. The molecule has 3 nitrogen and oxygen atoms in total. The molecular formula is C17H23FN2O. The van der Waals surface area contributed by atoms with Crippen LogP contribution in [0.3, 0.4) is 0 Å². The molecule has 1 saturated heterocycles. The van der Waals surface area contributed by atoms with Crippen molar-refractivity contribution in [3.63, 3.8) is 0 Å². The number of rotatable bonds is 3. The molecule has 1 aromatic rings. The summed E-state index contributed by atoms with van der Waals surface area (Å²) in [5.41, 5.74) is 7.00. The van der Waals surface area contributed by atoms with E-state index < -0.39 is 0 Å². The summed E-state index contributed by atoms with van der Waals surface area (Å²) in [5.74, 6) is 0.900. The van der Waals surface area contributed by atoms with Gasteiger partial charge in [-0.3, -0.25) is 4.79 Å². The maximum Gasteiger partial charge on any atom is 0.225 e. The van der Waals surface area contributed by atoms with Crippen molar-refractivity contribution in [3.05, 3.63) is 35.6 Å². The molecule has 1 saturated carbocycles. The number of fused-ring (bicyclic) bond motifs is 1. The van der Waals surface area contributed by atoms with Gasteiger partial charge in [-0.25, -0.2) is 4.39 Å². The molecule has 114 valence electrons. The van der Waals surface area contributed by atoms with Crippen LogP contribution in [0.1, 0.15) is 25.3 Å². The number of nitrogens with zero attached hydrogens (tertiary/aromatic N) is 1. The summed E-state index contributed by atoms with van der Waals surface area (Å²) in [6.45, 7) is 3.59. The smallest absolute Gasteiger partial charge is 0.225 e. The molecule has 4 heteroatoms. The van der Waals surface area contributed by atoms with E-state index in [1.807, 2.05) is 17.9 Å². The quantitative estimate of drug-likeness (QED) is 0.927. The minimum Gasteiger partial charge on any atom is -0.342 e. The maximum absolute atomic E-state index is 13.2. The Kier molecular flexibility index (Phi) is 3.98. The monoisotopic (exact) mass is 290 g/mol. The lowest BCUT2D eigenvalue weighted by molar-refractivity contribution is -0.134. The molecule has 1 aliphatic heterocycles. The summed E-state index contributed by atoms with van der Waals surface area (Å²) in [6, 6.07) is 6.77. The number of likely N-dealkylation sites (tertiary alicyclic amines) is 1. The van der Waals surface area contributed by atoms with Gasteiger partial charge in [-0.05, 0) is 48.8 Å². The summed E-state index contributed by atoms with van der Waals surface area (Å²) in [4.78, 5) is 14.5. The third kappa shape index (κ3) is 2.95. The standard InChI is InChI=1S/C17H23FN2O/c1-11(7-12-3-2-4-14(18)8-12)17(21)20-9-13-5-6-16(19)15(13)10-20/h2-4,8,11,13,15-16H,5-7,9-10,19H2,1H3. The van der Waals surface area contributed by atoms with Crippen LogP contribution in [0.15, 0.2) is 24.3 Å². The Bertz CT molecular complexity index is 533. The Hall–Kier alpha value is -1.42. The van der Waals surface area contributed by atoms with E-state index in [0.29, 0.717) is 18.3 Å². The fourth-order valence-corrected chi connectivity index (χ4v) is 3.90. The van der Waals surface area contributed by atoms with Crippen LogP contribution >= 0.6 is 0 Å². The SMILES string of the molecule is CC(Cc1cccc(F)c1)C(=O)N1CC2CCC(N)C2C1. The number of nitrogens with two attached hydrogens (primary N) is 1.